The van der Waals surface area contributed by atoms with Gasteiger partial charge in [0.2, 0.25) is 0 Å². The number of anilines is 1. The fourth-order valence-electron chi connectivity index (χ4n) is 2.19. The first-order valence-corrected chi connectivity index (χ1v) is 5.45. The van der Waals surface area contributed by atoms with Crippen molar-refractivity contribution in [3.63, 3.8) is 0 Å². The van der Waals surface area contributed by atoms with Crippen LogP contribution in [0.2, 0.25) is 0 Å². The Labute approximate surface area is 93.7 Å². The van der Waals surface area contributed by atoms with Gasteiger partial charge in [0.15, 0.2) is 5.82 Å². The van der Waals surface area contributed by atoms with E-state index in [1.54, 1.807) is 0 Å². The first-order valence-electron chi connectivity index (χ1n) is 5.45. The van der Waals surface area contributed by atoms with E-state index in [1.807, 2.05) is 6.92 Å². The molecule has 4 heteroatoms. The van der Waals surface area contributed by atoms with Gasteiger partial charge in [-0.1, -0.05) is 29.4 Å². The molecule has 0 aliphatic heterocycles. The Morgan fingerprint density at radius 1 is 1.25 bits per heavy atom. The van der Waals surface area contributed by atoms with Gasteiger partial charge in [-0.2, -0.15) is 4.98 Å². The topological polar surface area (TPSA) is 51.0 Å². The van der Waals surface area contributed by atoms with E-state index in [1.165, 1.54) is 11.1 Å². The highest BCUT2D eigenvalue weighted by Gasteiger charge is 2.21. The third-order valence-electron chi connectivity index (χ3n) is 2.91. The van der Waals surface area contributed by atoms with Crippen molar-refractivity contribution >= 4 is 6.01 Å². The van der Waals surface area contributed by atoms with Gasteiger partial charge in [0, 0.05) is 6.04 Å². The molecule has 1 N–H and O–H groups in total. The van der Waals surface area contributed by atoms with E-state index in [2.05, 4.69) is 39.7 Å². The van der Waals surface area contributed by atoms with Crippen LogP contribution in [0.3, 0.4) is 0 Å². The monoisotopic (exact) mass is 215 g/mol. The highest BCUT2D eigenvalue weighted by atomic mass is 16.5. The highest BCUT2D eigenvalue weighted by molar-refractivity contribution is 5.37. The van der Waals surface area contributed by atoms with Crippen molar-refractivity contribution in [3.8, 4) is 0 Å². The Bertz CT molecular complexity index is 481. The number of hydrogen-bond acceptors (Lipinski definition) is 4. The van der Waals surface area contributed by atoms with Crippen molar-refractivity contribution in [2.45, 2.75) is 25.8 Å². The number of nitrogens with zero attached hydrogens (tertiary/aromatic N) is 2. The molecule has 1 aliphatic rings. The maximum atomic E-state index is 5.05. The number of aryl methyl sites for hydroxylation is 1. The van der Waals surface area contributed by atoms with Crippen LogP contribution in [-0.4, -0.2) is 16.2 Å². The summed E-state index contributed by atoms with van der Waals surface area (Å²) in [6, 6.07) is 9.41. The Kier molecular flexibility index (Phi) is 2.13. The van der Waals surface area contributed by atoms with Crippen molar-refractivity contribution in [2.75, 3.05) is 5.32 Å². The number of nitrogens with one attached hydrogen (secondary N) is 1. The summed E-state index contributed by atoms with van der Waals surface area (Å²) >= 11 is 0. The second-order valence-electron chi connectivity index (χ2n) is 4.16. The molecule has 2 aromatic rings. The van der Waals surface area contributed by atoms with Gasteiger partial charge in [-0.05, 0) is 30.9 Å². The summed E-state index contributed by atoms with van der Waals surface area (Å²) in [5, 5.41) is 7.03. The molecule has 1 aromatic heterocycles. The second-order valence-corrected chi connectivity index (χ2v) is 4.16. The van der Waals surface area contributed by atoms with Crippen LogP contribution >= 0.6 is 0 Å². The fourth-order valence-corrected chi connectivity index (χ4v) is 2.19. The van der Waals surface area contributed by atoms with E-state index in [9.17, 15) is 0 Å². The van der Waals surface area contributed by atoms with Crippen molar-refractivity contribution in [2.24, 2.45) is 0 Å². The van der Waals surface area contributed by atoms with Crippen LogP contribution in [0.5, 0.6) is 0 Å². The van der Waals surface area contributed by atoms with Crippen molar-refractivity contribution in [3.05, 3.63) is 41.2 Å². The summed E-state index contributed by atoms with van der Waals surface area (Å²) in [5.41, 5.74) is 2.83. The summed E-state index contributed by atoms with van der Waals surface area (Å²) < 4.78 is 5.05. The molecule has 0 bridgehead atoms. The zero-order valence-electron chi connectivity index (χ0n) is 9.10. The van der Waals surface area contributed by atoms with Gasteiger partial charge in [0.05, 0.1) is 0 Å². The lowest BCUT2D eigenvalue weighted by Crippen LogP contribution is -2.19. The fraction of sp³-hybridized carbons (Fsp3) is 0.333. The molecular weight excluding hydrogens is 202 g/mol. The summed E-state index contributed by atoms with van der Waals surface area (Å²) in [5.74, 6) is 0.665. The molecular formula is C12H13N3O. The van der Waals surface area contributed by atoms with Crippen LogP contribution in [0.15, 0.2) is 28.8 Å². The number of hydrogen-bond donors (Lipinski definition) is 1. The van der Waals surface area contributed by atoms with E-state index in [0.29, 0.717) is 17.9 Å². The smallest absolute Gasteiger partial charge is 0.321 e. The average molecular weight is 215 g/mol. The zero-order chi connectivity index (χ0) is 11.0. The van der Waals surface area contributed by atoms with Crippen LogP contribution in [0, 0.1) is 6.92 Å². The van der Waals surface area contributed by atoms with E-state index < -0.39 is 0 Å². The predicted octanol–water partition coefficient (Wildman–Crippen LogP) is 1.96. The number of fused-ring (bicyclic) bond motifs is 1. The Morgan fingerprint density at radius 2 is 1.94 bits per heavy atom. The lowest BCUT2D eigenvalue weighted by molar-refractivity contribution is 0.421. The maximum absolute atomic E-state index is 5.05. The Balaban J connectivity index is 1.72. The molecule has 0 saturated carbocycles. The number of aromatic nitrogens is 2. The van der Waals surface area contributed by atoms with Crippen LogP contribution in [-0.2, 0) is 12.8 Å². The van der Waals surface area contributed by atoms with E-state index in [-0.39, 0.29) is 0 Å². The Hall–Kier alpha value is -1.84. The zero-order valence-corrected chi connectivity index (χ0v) is 9.10. The normalized spacial score (nSPS) is 15.1. The van der Waals surface area contributed by atoms with Crippen molar-refractivity contribution in [1.82, 2.24) is 10.1 Å². The molecule has 0 fully saturated rings. The highest BCUT2D eigenvalue weighted by Crippen LogP contribution is 2.23. The molecule has 82 valence electrons. The molecule has 0 atom stereocenters. The largest absolute Gasteiger partial charge is 0.334 e. The minimum Gasteiger partial charge on any atom is -0.334 e. The lowest BCUT2D eigenvalue weighted by atomic mass is 10.1. The summed E-state index contributed by atoms with van der Waals surface area (Å²) in [4.78, 5) is 4.15. The molecule has 0 radical (unpaired) electrons. The minimum absolute atomic E-state index is 0.372. The average Bonchev–Trinajstić information content (AvgIpc) is 2.84. The minimum atomic E-state index is 0.372. The summed E-state index contributed by atoms with van der Waals surface area (Å²) in [6.07, 6.45) is 2.05. The van der Waals surface area contributed by atoms with Crippen LogP contribution in [0.1, 0.15) is 17.0 Å². The molecule has 1 heterocycles. The van der Waals surface area contributed by atoms with Gasteiger partial charge in [0.1, 0.15) is 0 Å². The van der Waals surface area contributed by atoms with Crippen LogP contribution in [0.4, 0.5) is 6.01 Å². The standard InChI is InChI=1S/C12H13N3O/c1-8-13-12(16-15-8)14-11-6-9-4-2-3-5-10(9)7-11/h2-5,11H,6-7H2,1H3,(H,13,14,15). The SMILES string of the molecule is Cc1noc(NC2Cc3ccccc3C2)n1. The van der Waals surface area contributed by atoms with E-state index >= 15 is 0 Å². The van der Waals surface area contributed by atoms with Crippen molar-refractivity contribution in [1.29, 1.82) is 0 Å². The third kappa shape index (κ3) is 1.66. The molecule has 16 heavy (non-hydrogen) atoms. The molecule has 1 aliphatic carbocycles. The first kappa shape index (κ1) is 9.39. The number of benzene rings is 1. The van der Waals surface area contributed by atoms with Crippen LogP contribution < -0.4 is 5.32 Å². The summed E-state index contributed by atoms with van der Waals surface area (Å²) in [7, 11) is 0. The van der Waals surface area contributed by atoms with Gasteiger partial charge >= 0.3 is 6.01 Å². The van der Waals surface area contributed by atoms with Crippen LogP contribution in [0.25, 0.3) is 0 Å². The molecule has 0 amide bonds. The van der Waals surface area contributed by atoms with Crippen molar-refractivity contribution < 1.29 is 4.52 Å². The van der Waals surface area contributed by atoms with Gasteiger partial charge < -0.3 is 9.84 Å². The molecule has 0 spiro atoms. The van der Waals surface area contributed by atoms with Gasteiger partial charge in [-0.25, -0.2) is 0 Å². The maximum Gasteiger partial charge on any atom is 0.321 e. The molecule has 1 aromatic carbocycles. The first-order chi connectivity index (χ1) is 7.81. The molecule has 3 rings (SSSR count). The predicted molar refractivity (Wildman–Crippen MR) is 60.3 cm³/mol. The van der Waals surface area contributed by atoms with E-state index in [4.69, 9.17) is 4.52 Å². The van der Waals surface area contributed by atoms with E-state index in [0.717, 1.165) is 12.8 Å². The second kappa shape index (κ2) is 3.63. The quantitative estimate of drug-likeness (QED) is 0.832. The molecule has 0 unspecified atom stereocenters. The third-order valence-corrected chi connectivity index (χ3v) is 2.91. The number of rotatable bonds is 2. The molecule has 4 nitrogen and oxygen atoms in total. The Morgan fingerprint density at radius 3 is 2.50 bits per heavy atom. The van der Waals surface area contributed by atoms with Gasteiger partial charge in [-0.15, -0.1) is 0 Å². The molecule has 0 saturated heterocycles. The lowest BCUT2D eigenvalue weighted by Gasteiger charge is -2.07. The summed E-state index contributed by atoms with van der Waals surface area (Å²) in [6.45, 7) is 1.82. The van der Waals surface area contributed by atoms with Gasteiger partial charge in [0.25, 0.3) is 0 Å². The van der Waals surface area contributed by atoms with Gasteiger partial charge in [-0.3, -0.25) is 0 Å².